The van der Waals surface area contributed by atoms with Crippen molar-refractivity contribution in [2.24, 2.45) is 0 Å². The Balaban J connectivity index is 2.45. The van der Waals surface area contributed by atoms with Crippen LogP contribution in [0.3, 0.4) is 0 Å². The molecule has 0 saturated heterocycles. The molecule has 0 atom stereocenters. The summed E-state index contributed by atoms with van der Waals surface area (Å²) in [5, 5.41) is 0. The molecule has 0 aliphatic heterocycles. The predicted molar refractivity (Wildman–Crippen MR) is 60.5 cm³/mol. The van der Waals surface area contributed by atoms with Crippen LogP contribution in [-0.4, -0.2) is 20.3 Å². The molecule has 0 unspecified atom stereocenters. The molecule has 0 saturated carbocycles. The van der Waals surface area contributed by atoms with E-state index in [1.165, 1.54) is 0 Å². The summed E-state index contributed by atoms with van der Waals surface area (Å²) >= 11 is 3.36. The van der Waals surface area contributed by atoms with Crippen LogP contribution in [0.25, 0.3) is 0 Å². The quantitative estimate of drug-likeness (QED) is 0.653. The summed E-state index contributed by atoms with van der Waals surface area (Å²) in [6.07, 6.45) is 0.864. The fraction of sp³-hybridized carbons (Fsp3) is 0.400. The number of rotatable bonds is 5. The van der Waals surface area contributed by atoms with Crippen molar-refractivity contribution in [3.8, 4) is 5.75 Å². The number of ether oxygens (including phenoxy) is 2. The molecule has 3 nitrogen and oxygen atoms in total. The van der Waals surface area contributed by atoms with Crippen LogP contribution in [0.1, 0.15) is 6.42 Å². The highest BCUT2D eigenvalue weighted by molar-refractivity contribution is 9.10. The molecule has 0 radical (unpaired) electrons. The van der Waals surface area contributed by atoms with Gasteiger partial charge in [-0.2, -0.15) is 0 Å². The summed E-state index contributed by atoms with van der Waals surface area (Å²) in [7, 11) is 1.67. The van der Waals surface area contributed by atoms with Crippen molar-refractivity contribution < 1.29 is 9.47 Å². The summed E-state index contributed by atoms with van der Waals surface area (Å²) in [6, 6.07) is 5.56. The molecule has 0 aliphatic rings. The second-order valence-electron chi connectivity index (χ2n) is 2.88. The summed E-state index contributed by atoms with van der Waals surface area (Å²) in [5.41, 5.74) is 6.39. The van der Waals surface area contributed by atoms with Crippen molar-refractivity contribution in [3.05, 3.63) is 22.7 Å². The van der Waals surface area contributed by atoms with Gasteiger partial charge in [0.2, 0.25) is 0 Å². The molecule has 1 rings (SSSR count). The lowest BCUT2D eigenvalue weighted by atomic mass is 10.3. The van der Waals surface area contributed by atoms with Crippen LogP contribution in [0.4, 0.5) is 5.69 Å². The van der Waals surface area contributed by atoms with Gasteiger partial charge in [0.05, 0.1) is 12.3 Å². The highest BCUT2D eigenvalue weighted by Gasteiger charge is 2.00. The maximum atomic E-state index is 5.73. The Hall–Kier alpha value is -0.740. The highest BCUT2D eigenvalue weighted by atomic mass is 79.9. The number of hydrogen-bond acceptors (Lipinski definition) is 3. The van der Waals surface area contributed by atoms with Crippen molar-refractivity contribution in [2.75, 3.05) is 26.1 Å². The average Bonchev–Trinajstić information content (AvgIpc) is 2.18. The van der Waals surface area contributed by atoms with E-state index in [0.717, 1.165) is 16.6 Å². The van der Waals surface area contributed by atoms with E-state index in [9.17, 15) is 0 Å². The zero-order chi connectivity index (χ0) is 10.4. The fourth-order valence-corrected chi connectivity index (χ4v) is 1.36. The van der Waals surface area contributed by atoms with Gasteiger partial charge in [0.1, 0.15) is 5.75 Å². The van der Waals surface area contributed by atoms with Gasteiger partial charge in [0, 0.05) is 24.6 Å². The largest absolute Gasteiger partial charge is 0.491 e. The van der Waals surface area contributed by atoms with Crippen molar-refractivity contribution in [1.82, 2.24) is 0 Å². The van der Waals surface area contributed by atoms with Crippen molar-refractivity contribution >= 4 is 21.6 Å². The molecular formula is C10H14BrNO2. The van der Waals surface area contributed by atoms with Gasteiger partial charge < -0.3 is 15.2 Å². The summed E-state index contributed by atoms with van der Waals surface area (Å²) in [5.74, 6) is 0.718. The SMILES string of the molecule is COCCCOc1cc(Br)ccc1N. The van der Waals surface area contributed by atoms with Crippen LogP contribution in [0.5, 0.6) is 5.75 Å². The third kappa shape index (κ3) is 3.55. The zero-order valence-corrected chi connectivity index (χ0v) is 9.71. The number of methoxy groups -OCH3 is 1. The first-order valence-corrected chi connectivity index (χ1v) is 5.20. The molecule has 0 aliphatic carbocycles. The predicted octanol–water partition coefficient (Wildman–Crippen LogP) is 2.45. The van der Waals surface area contributed by atoms with Crippen LogP contribution in [0.15, 0.2) is 22.7 Å². The Bertz CT molecular complexity index is 291. The van der Waals surface area contributed by atoms with Gasteiger partial charge >= 0.3 is 0 Å². The van der Waals surface area contributed by atoms with E-state index < -0.39 is 0 Å². The Kier molecular flexibility index (Phi) is 4.76. The Morgan fingerprint density at radius 2 is 2.14 bits per heavy atom. The molecule has 78 valence electrons. The van der Waals surface area contributed by atoms with Gasteiger partial charge in [0.15, 0.2) is 0 Å². The number of halogens is 1. The molecule has 0 spiro atoms. The Morgan fingerprint density at radius 3 is 2.86 bits per heavy atom. The molecule has 0 fully saturated rings. The first-order valence-electron chi connectivity index (χ1n) is 4.41. The molecule has 0 aromatic heterocycles. The first kappa shape index (κ1) is 11.3. The van der Waals surface area contributed by atoms with Crippen molar-refractivity contribution in [1.29, 1.82) is 0 Å². The van der Waals surface area contributed by atoms with Gasteiger partial charge in [0.25, 0.3) is 0 Å². The number of benzene rings is 1. The van der Waals surface area contributed by atoms with Gasteiger partial charge in [-0.15, -0.1) is 0 Å². The van der Waals surface area contributed by atoms with Gasteiger partial charge in [-0.3, -0.25) is 0 Å². The Labute approximate surface area is 92.3 Å². The van der Waals surface area contributed by atoms with Crippen LogP contribution >= 0.6 is 15.9 Å². The van der Waals surface area contributed by atoms with E-state index in [-0.39, 0.29) is 0 Å². The number of hydrogen-bond donors (Lipinski definition) is 1. The third-order valence-corrected chi connectivity index (χ3v) is 2.22. The molecule has 1 aromatic carbocycles. The maximum absolute atomic E-state index is 5.73. The number of anilines is 1. The lowest BCUT2D eigenvalue weighted by Crippen LogP contribution is -2.03. The van der Waals surface area contributed by atoms with E-state index >= 15 is 0 Å². The maximum Gasteiger partial charge on any atom is 0.143 e. The lowest BCUT2D eigenvalue weighted by molar-refractivity contribution is 0.172. The zero-order valence-electron chi connectivity index (χ0n) is 8.13. The van der Waals surface area contributed by atoms with E-state index in [2.05, 4.69) is 15.9 Å². The molecule has 1 aromatic rings. The second kappa shape index (κ2) is 5.88. The number of nitrogens with two attached hydrogens (primary N) is 1. The molecule has 2 N–H and O–H groups in total. The van der Waals surface area contributed by atoms with E-state index in [1.807, 2.05) is 18.2 Å². The van der Waals surface area contributed by atoms with E-state index in [1.54, 1.807) is 7.11 Å². The third-order valence-electron chi connectivity index (χ3n) is 1.73. The van der Waals surface area contributed by atoms with Gasteiger partial charge in [-0.25, -0.2) is 0 Å². The van der Waals surface area contributed by atoms with Crippen LogP contribution in [0, 0.1) is 0 Å². The minimum absolute atomic E-state index is 0.620. The van der Waals surface area contributed by atoms with Crippen LogP contribution in [-0.2, 0) is 4.74 Å². The molecule has 0 heterocycles. The van der Waals surface area contributed by atoms with Gasteiger partial charge in [-0.05, 0) is 18.2 Å². The van der Waals surface area contributed by atoms with E-state index in [4.69, 9.17) is 15.2 Å². The van der Waals surface area contributed by atoms with Gasteiger partial charge in [-0.1, -0.05) is 15.9 Å². The van der Waals surface area contributed by atoms with E-state index in [0.29, 0.717) is 18.9 Å². The Morgan fingerprint density at radius 1 is 1.36 bits per heavy atom. The minimum Gasteiger partial charge on any atom is -0.491 e. The minimum atomic E-state index is 0.620. The molecule has 0 bridgehead atoms. The smallest absolute Gasteiger partial charge is 0.143 e. The normalized spacial score (nSPS) is 10.1. The van der Waals surface area contributed by atoms with Crippen molar-refractivity contribution in [2.45, 2.75) is 6.42 Å². The highest BCUT2D eigenvalue weighted by Crippen LogP contribution is 2.25. The first-order chi connectivity index (χ1) is 6.74. The van der Waals surface area contributed by atoms with Crippen molar-refractivity contribution in [3.63, 3.8) is 0 Å². The molecule has 14 heavy (non-hydrogen) atoms. The molecule has 4 heteroatoms. The summed E-state index contributed by atoms with van der Waals surface area (Å²) < 4.78 is 11.4. The number of nitrogen functional groups attached to an aromatic ring is 1. The topological polar surface area (TPSA) is 44.5 Å². The fourth-order valence-electron chi connectivity index (χ4n) is 1.02. The molecule has 0 amide bonds. The van der Waals surface area contributed by atoms with Crippen LogP contribution in [0.2, 0.25) is 0 Å². The summed E-state index contributed by atoms with van der Waals surface area (Å²) in [4.78, 5) is 0. The monoisotopic (exact) mass is 259 g/mol. The molecular weight excluding hydrogens is 246 g/mol. The lowest BCUT2D eigenvalue weighted by Gasteiger charge is -2.08. The van der Waals surface area contributed by atoms with Crippen LogP contribution < -0.4 is 10.5 Å². The summed E-state index contributed by atoms with van der Waals surface area (Å²) in [6.45, 7) is 1.32. The standard InChI is InChI=1S/C10H14BrNO2/c1-13-5-2-6-14-10-7-8(11)3-4-9(10)12/h3-4,7H,2,5-6,12H2,1H3. The average molecular weight is 260 g/mol. The second-order valence-corrected chi connectivity index (χ2v) is 3.79.